The summed E-state index contributed by atoms with van der Waals surface area (Å²) in [5.74, 6) is -0.846. The molecular formula is C7H8F3N3O2. The minimum absolute atomic E-state index is 0.159. The molecule has 0 amide bonds. The summed E-state index contributed by atoms with van der Waals surface area (Å²) in [4.78, 5) is 6.43. The van der Waals surface area contributed by atoms with Crippen LogP contribution in [0.4, 0.5) is 19.1 Å². The van der Waals surface area contributed by atoms with E-state index in [4.69, 9.17) is 15.6 Å². The number of halogens is 3. The molecule has 0 bridgehead atoms. The van der Waals surface area contributed by atoms with Crippen LogP contribution in [0.5, 0.6) is 5.88 Å². The van der Waals surface area contributed by atoms with E-state index in [-0.39, 0.29) is 19.1 Å². The Morgan fingerprint density at radius 3 is 2.60 bits per heavy atom. The number of anilines is 1. The third-order valence-electron chi connectivity index (χ3n) is 1.35. The van der Waals surface area contributed by atoms with Gasteiger partial charge in [-0.05, 0) is 0 Å². The van der Waals surface area contributed by atoms with Gasteiger partial charge >= 0.3 is 6.18 Å². The van der Waals surface area contributed by atoms with Crippen molar-refractivity contribution in [3.05, 3.63) is 11.8 Å². The van der Waals surface area contributed by atoms with Crippen LogP contribution in [0.25, 0.3) is 0 Å². The van der Waals surface area contributed by atoms with E-state index in [1.807, 2.05) is 0 Å². The van der Waals surface area contributed by atoms with Gasteiger partial charge in [0.1, 0.15) is 6.61 Å². The zero-order valence-corrected chi connectivity index (χ0v) is 7.45. The molecule has 1 rings (SSSR count). The Balaban J connectivity index is 2.95. The first-order chi connectivity index (χ1) is 6.93. The Kier molecular flexibility index (Phi) is 3.30. The van der Waals surface area contributed by atoms with Crippen molar-refractivity contribution >= 4 is 5.95 Å². The molecule has 0 saturated carbocycles. The summed E-state index contributed by atoms with van der Waals surface area (Å²) in [5.41, 5.74) is 3.89. The second-order valence-corrected chi connectivity index (χ2v) is 2.52. The van der Waals surface area contributed by atoms with Gasteiger partial charge in [0.2, 0.25) is 11.8 Å². The lowest BCUT2D eigenvalue weighted by atomic mass is 10.4. The predicted octanol–water partition coefficient (Wildman–Crippen LogP) is 0.449. The Labute approximate surface area is 82.7 Å². The standard InChI is InChI=1S/C7H8F3N3O2/c8-7(9,10)4-3-5(15-2-1-14)13-6(11)12-4/h3,14H,1-2H2,(H2,11,12,13). The van der Waals surface area contributed by atoms with E-state index >= 15 is 0 Å². The topological polar surface area (TPSA) is 81.3 Å². The Morgan fingerprint density at radius 1 is 1.40 bits per heavy atom. The lowest BCUT2D eigenvalue weighted by Crippen LogP contribution is -2.12. The first kappa shape index (κ1) is 11.5. The van der Waals surface area contributed by atoms with E-state index in [1.165, 1.54) is 0 Å². The van der Waals surface area contributed by atoms with E-state index in [0.29, 0.717) is 6.07 Å². The number of hydrogen-bond acceptors (Lipinski definition) is 5. The molecule has 0 aliphatic carbocycles. The van der Waals surface area contributed by atoms with Crippen LogP contribution < -0.4 is 10.5 Å². The molecule has 15 heavy (non-hydrogen) atoms. The Morgan fingerprint density at radius 2 is 2.07 bits per heavy atom. The van der Waals surface area contributed by atoms with Gasteiger partial charge in [-0.1, -0.05) is 0 Å². The maximum atomic E-state index is 12.2. The van der Waals surface area contributed by atoms with Crippen LogP contribution in [0.3, 0.4) is 0 Å². The van der Waals surface area contributed by atoms with Crippen molar-refractivity contribution in [3.8, 4) is 5.88 Å². The van der Waals surface area contributed by atoms with Crippen LogP contribution in [0.1, 0.15) is 5.69 Å². The predicted molar refractivity (Wildman–Crippen MR) is 44.0 cm³/mol. The first-order valence-electron chi connectivity index (χ1n) is 3.89. The molecule has 0 fully saturated rings. The average molecular weight is 223 g/mol. The molecule has 0 spiro atoms. The highest BCUT2D eigenvalue weighted by Crippen LogP contribution is 2.29. The lowest BCUT2D eigenvalue weighted by Gasteiger charge is -2.08. The van der Waals surface area contributed by atoms with Crippen molar-refractivity contribution < 1.29 is 23.0 Å². The van der Waals surface area contributed by atoms with Crippen molar-refractivity contribution in [2.75, 3.05) is 18.9 Å². The second kappa shape index (κ2) is 4.30. The van der Waals surface area contributed by atoms with Crippen LogP contribution in [0, 0.1) is 0 Å². The summed E-state index contributed by atoms with van der Waals surface area (Å²) in [5, 5.41) is 8.40. The molecule has 5 nitrogen and oxygen atoms in total. The maximum Gasteiger partial charge on any atom is 0.433 e. The Bertz CT molecular complexity index is 343. The first-order valence-corrected chi connectivity index (χ1v) is 3.89. The zero-order chi connectivity index (χ0) is 11.5. The van der Waals surface area contributed by atoms with E-state index in [2.05, 4.69) is 9.97 Å². The summed E-state index contributed by atoms with van der Waals surface area (Å²) in [6, 6.07) is 0.617. The molecule has 0 atom stereocenters. The molecule has 0 aromatic carbocycles. The quantitative estimate of drug-likeness (QED) is 0.777. The molecule has 1 aromatic heterocycles. The van der Waals surface area contributed by atoms with Crippen LogP contribution in [0.2, 0.25) is 0 Å². The van der Waals surface area contributed by atoms with Gasteiger partial charge in [-0.3, -0.25) is 0 Å². The number of hydrogen-bond donors (Lipinski definition) is 2. The van der Waals surface area contributed by atoms with Crippen molar-refractivity contribution in [1.29, 1.82) is 0 Å². The molecule has 84 valence electrons. The van der Waals surface area contributed by atoms with Gasteiger partial charge in [0.15, 0.2) is 5.69 Å². The number of nitrogens with two attached hydrogens (primary N) is 1. The molecule has 3 N–H and O–H groups in total. The number of aliphatic hydroxyl groups excluding tert-OH is 1. The van der Waals surface area contributed by atoms with E-state index in [9.17, 15) is 13.2 Å². The fourth-order valence-electron chi connectivity index (χ4n) is 0.812. The van der Waals surface area contributed by atoms with Gasteiger partial charge in [-0.25, -0.2) is 4.98 Å². The van der Waals surface area contributed by atoms with E-state index in [1.54, 1.807) is 0 Å². The minimum Gasteiger partial charge on any atom is -0.475 e. The fraction of sp³-hybridized carbons (Fsp3) is 0.429. The van der Waals surface area contributed by atoms with Crippen LogP contribution in [0.15, 0.2) is 6.07 Å². The summed E-state index contributed by atoms with van der Waals surface area (Å²) >= 11 is 0. The van der Waals surface area contributed by atoms with Gasteiger partial charge in [0, 0.05) is 6.07 Å². The van der Waals surface area contributed by atoms with Gasteiger partial charge in [-0.15, -0.1) is 0 Å². The third kappa shape index (κ3) is 3.24. The van der Waals surface area contributed by atoms with Crippen molar-refractivity contribution in [1.82, 2.24) is 9.97 Å². The third-order valence-corrected chi connectivity index (χ3v) is 1.35. The molecule has 0 aliphatic heterocycles. The number of nitrogen functional groups attached to an aromatic ring is 1. The molecule has 0 saturated heterocycles. The summed E-state index contributed by atoms with van der Waals surface area (Å²) in [6.45, 7) is -0.487. The van der Waals surface area contributed by atoms with Crippen molar-refractivity contribution in [3.63, 3.8) is 0 Å². The number of ether oxygens (including phenoxy) is 1. The molecule has 0 radical (unpaired) electrons. The highest BCUT2D eigenvalue weighted by molar-refractivity contribution is 5.27. The highest BCUT2D eigenvalue weighted by atomic mass is 19.4. The Hall–Kier alpha value is -1.57. The monoisotopic (exact) mass is 223 g/mol. The minimum atomic E-state index is -4.60. The SMILES string of the molecule is Nc1nc(OCCO)cc(C(F)(F)F)n1. The number of aromatic nitrogens is 2. The molecular weight excluding hydrogens is 215 g/mol. The largest absolute Gasteiger partial charge is 0.475 e. The molecule has 1 heterocycles. The highest BCUT2D eigenvalue weighted by Gasteiger charge is 2.33. The smallest absolute Gasteiger partial charge is 0.433 e. The second-order valence-electron chi connectivity index (χ2n) is 2.52. The molecule has 0 unspecified atom stereocenters. The van der Waals surface area contributed by atoms with Gasteiger partial charge in [-0.2, -0.15) is 18.2 Å². The van der Waals surface area contributed by atoms with Gasteiger partial charge < -0.3 is 15.6 Å². The average Bonchev–Trinajstić information content (AvgIpc) is 2.12. The van der Waals surface area contributed by atoms with Crippen LogP contribution in [-0.2, 0) is 6.18 Å². The summed E-state index contributed by atoms with van der Waals surface area (Å²) in [7, 11) is 0. The zero-order valence-electron chi connectivity index (χ0n) is 7.45. The summed E-state index contributed by atoms with van der Waals surface area (Å²) < 4.78 is 41.3. The van der Waals surface area contributed by atoms with E-state index < -0.39 is 17.8 Å². The van der Waals surface area contributed by atoms with E-state index in [0.717, 1.165) is 0 Å². The van der Waals surface area contributed by atoms with Gasteiger partial charge in [0.05, 0.1) is 6.61 Å². The van der Waals surface area contributed by atoms with Crippen molar-refractivity contribution in [2.45, 2.75) is 6.18 Å². The van der Waals surface area contributed by atoms with Crippen LogP contribution in [-0.4, -0.2) is 28.3 Å². The lowest BCUT2D eigenvalue weighted by molar-refractivity contribution is -0.141. The molecule has 8 heteroatoms. The number of aliphatic hydroxyl groups is 1. The van der Waals surface area contributed by atoms with Gasteiger partial charge in [0.25, 0.3) is 0 Å². The maximum absolute atomic E-state index is 12.2. The number of nitrogens with zero attached hydrogens (tertiary/aromatic N) is 2. The number of rotatable bonds is 3. The summed E-state index contributed by atoms with van der Waals surface area (Å²) in [6.07, 6.45) is -4.60. The number of alkyl halides is 3. The van der Waals surface area contributed by atoms with Crippen molar-refractivity contribution in [2.24, 2.45) is 0 Å². The molecule has 1 aromatic rings. The van der Waals surface area contributed by atoms with Crippen LogP contribution >= 0.6 is 0 Å². The fourth-order valence-corrected chi connectivity index (χ4v) is 0.812. The molecule has 0 aliphatic rings. The normalized spacial score (nSPS) is 11.5.